The first-order valence-corrected chi connectivity index (χ1v) is 5.18. The molecule has 0 radical (unpaired) electrons. The molecule has 0 saturated heterocycles. The van der Waals surface area contributed by atoms with E-state index in [4.69, 9.17) is 5.73 Å². The summed E-state index contributed by atoms with van der Waals surface area (Å²) in [4.78, 5) is 11.5. The van der Waals surface area contributed by atoms with Crippen molar-refractivity contribution in [1.82, 2.24) is 5.32 Å². The van der Waals surface area contributed by atoms with E-state index in [1.54, 1.807) is 6.07 Å². The third-order valence-electron chi connectivity index (χ3n) is 1.73. The van der Waals surface area contributed by atoms with Crippen LogP contribution in [0.5, 0.6) is 0 Å². The second kappa shape index (κ2) is 6.82. The first kappa shape index (κ1) is 14.4. The fourth-order valence-corrected chi connectivity index (χ4v) is 1.76. The molecule has 3 N–H and O–H groups in total. The molecule has 0 saturated carbocycles. The number of rotatable bonds is 3. The van der Waals surface area contributed by atoms with E-state index in [0.29, 0.717) is 18.7 Å². The van der Waals surface area contributed by atoms with Gasteiger partial charge >= 0.3 is 0 Å². The van der Waals surface area contributed by atoms with Crippen molar-refractivity contribution >= 4 is 34.2 Å². The summed E-state index contributed by atoms with van der Waals surface area (Å²) < 4.78 is 0.912. The Balaban J connectivity index is 0.00000196. The summed E-state index contributed by atoms with van der Waals surface area (Å²) in [6, 6.07) is 5.59. The highest BCUT2D eigenvalue weighted by atomic mass is 79.9. The largest absolute Gasteiger partial charge is 0.351 e. The number of aryl methyl sites for hydroxylation is 1. The lowest BCUT2D eigenvalue weighted by molar-refractivity contribution is 0.0954. The maximum atomic E-state index is 11.5. The molecule has 1 rings (SSSR count). The molecule has 1 aromatic carbocycles. The van der Waals surface area contributed by atoms with Gasteiger partial charge in [0.05, 0.1) is 0 Å². The van der Waals surface area contributed by atoms with E-state index in [-0.39, 0.29) is 18.3 Å². The first-order valence-electron chi connectivity index (χ1n) is 4.39. The van der Waals surface area contributed by atoms with Crippen LogP contribution in [0.3, 0.4) is 0 Å². The summed E-state index contributed by atoms with van der Waals surface area (Å²) in [5, 5.41) is 2.72. The summed E-state index contributed by atoms with van der Waals surface area (Å²) in [5.74, 6) is -0.0835. The first-order chi connectivity index (χ1) is 6.63. The van der Waals surface area contributed by atoms with Gasteiger partial charge in [0.2, 0.25) is 0 Å². The number of amides is 1. The molecule has 0 aliphatic carbocycles. The molecule has 0 bridgehead atoms. The molecule has 1 amide bonds. The molecule has 0 fully saturated rings. The highest BCUT2D eigenvalue weighted by molar-refractivity contribution is 9.10. The van der Waals surface area contributed by atoms with E-state index in [1.165, 1.54) is 0 Å². The molecule has 0 spiro atoms. The van der Waals surface area contributed by atoms with Gasteiger partial charge in [-0.1, -0.05) is 15.9 Å². The summed E-state index contributed by atoms with van der Waals surface area (Å²) in [5.41, 5.74) is 7.00. The average Bonchev–Trinajstić information content (AvgIpc) is 2.12. The number of carbonyl (C=O) groups is 1. The Bertz CT molecular complexity index is 324. The van der Waals surface area contributed by atoms with E-state index in [0.717, 1.165) is 10.0 Å². The lowest BCUT2D eigenvalue weighted by Gasteiger charge is -2.04. The van der Waals surface area contributed by atoms with Crippen molar-refractivity contribution in [2.45, 2.75) is 6.92 Å². The van der Waals surface area contributed by atoms with Crippen LogP contribution in [0.2, 0.25) is 0 Å². The fourth-order valence-electron chi connectivity index (χ4n) is 1.16. The van der Waals surface area contributed by atoms with Gasteiger partial charge in [0.15, 0.2) is 0 Å². The summed E-state index contributed by atoms with van der Waals surface area (Å²) >= 11 is 3.34. The second-order valence-corrected chi connectivity index (χ2v) is 3.98. The summed E-state index contributed by atoms with van der Waals surface area (Å²) in [6.07, 6.45) is 0. The Morgan fingerprint density at radius 3 is 2.67 bits per heavy atom. The number of carbonyl (C=O) groups excluding carboxylic acids is 1. The summed E-state index contributed by atoms with van der Waals surface area (Å²) in [6.45, 7) is 2.91. The van der Waals surface area contributed by atoms with Crippen LogP contribution >= 0.6 is 28.3 Å². The monoisotopic (exact) mass is 292 g/mol. The van der Waals surface area contributed by atoms with Gasteiger partial charge in [-0.2, -0.15) is 0 Å². The number of hydrogen-bond acceptors (Lipinski definition) is 2. The van der Waals surface area contributed by atoms with Crippen LogP contribution in [-0.2, 0) is 0 Å². The molecule has 0 aliphatic heterocycles. The standard InChI is InChI=1S/C10H13BrN2O.ClH/c1-7-4-8(6-9(11)5-7)10(14)13-3-2-12;/h4-6H,2-3,12H2,1H3,(H,13,14);1H. The van der Waals surface area contributed by atoms with Gasteiger partial charge in [0.25, 0.3) is 5.91 Å². The molecule has 0 atom stereocenters. The lowest BCUT2D eigenvalue weighted by atomic mass is 10.1. The van der Waals surface area contributed by atoms with Gasteiger partial charge in [-0.25, -0.2) is 0 Å². The van der Waals surface area contributed by atoms with Crippen molar-refractivity contribution in [2.24, 2.45) is 5.73 Å². The van der Waals surface area contributed by atoms with Crippen molar-refractivity contribution in [3.05, 3.63) is 33.8 Å². The van der Waals surface area contributed by atoms with Crippen LogP contribution in [0.15, 0.2) is 22.7 Å². The molecular formula is C10H14BrClN2O. The number of hydrogen-bond donors (Lipinski definition) is 2. The van der Waals surface area contributed by atoms with E-state index in [2.05, 4.69) is 21.2 Å². The molecule has 3 nitrogen and oxygen atoms in total. The van der Waals surface area contributed by atoms with Crippen LogP contribution in [0.25, 0.3) is 0 Å². The van der Waals surface area contributed by atoms with Crippen LogP contribution < -0.4 is 11.1 Å². The van der Waals surface area contributed by atoms with E-state index < -0.39 is 0 Å². The van der Waals surface area contributed by atoms with E-state index in [1.807, 2.05) is 19.1 Å². The number of nitrogens with two attached hydrogens (primary N) is 1. The average molecular weight is 294 g/mol. The van der Waals surface area contributed by atoms with Crippen LogP contribution in [0.4, 0.5) is 0 Å². The smallest absolute Gasteiger partial charge is 0.251 e. The molecular weight excluding hydrogens is 279 g/mol. The van der Waals surface area contributed by atoms with Gasteiger partial charge < -0.3 is 11.1 Å². The van der Waals surface area contributed by atoms with Crippen LogP contribution in [-0.4, -0.2) is 19.0 Å². The molecule has 15 heavy (non-hydrogen) atoms. The third kappa shape index (κ3) is 4.64. The minimum absolute atomic E-state index is 0. The van der Waals surface area contributed by atoms with Gasteiger partial charge in [-0.15, -0.1) is 12.4 Å². The highest BCUT2D eigenvalue weighted by Crippen LogP contribution is 2.14. The quantitative estimate of drug-likeness (QED) is 0.894. The predicted octanol–water partition coefficient (Wildman–Crippen LogP) is 1.87. The van der Waals surface area contributed by atoms with Crippen molar-refractivity contribution in [3.63, 3.8) is 0 Å². The zero-order chi connectivity index (χ0) is 10.6. The van der Waals surface area contributed by atoms with Gasteiger partial charge in [-0.3, -0.25) is 4.79 Å². The Hall–Kier alpha value is -0.580. The minimum atomic E-state index is -0.0835. The zero-order valence-electron chi connectivity index (χ0n) is 8.42. The maximum absolute atomic E-state index is 11.5. The molecule has 0 heterocycles. The normalized spacial score (nSPS) is 9.27. The Labute approximate surface area is 104 Å². The molecule has 0 aliphatic rings. The number of nitrogens with one attached hydrogen (secondary N) is 1. The molecule has 1 aromatic rings. The van der Waals surface area contributed by atoms with Crippen molar-refractivity contribution in [1.29, 1.82) is 0 Å². The van der Waals surface area contributed by atoms with E-state index >= 15 is 0 Å². The maximum Gasteiger partial charge on any atom is 0.251 e. The number of benzene rings is 1. The van der Waals surface area contributed by atoms with Gasteiger partial charge in [0, 0.05) is 23.1 Å². The molecule has 5 heteroatoms. The van der Waals surface area contributed by atoms with Gasteiger partial charge in [-0.05, 0) is 30.7 Å². The third-order valence-corrected chi connectivity index (χ3v) is 2.19. The lowest BCUT2D eigenvalue weighted by Crippen LogP contribution is -2.29. The Morgan fingerprint density at radius 1 is 1.47 bits per heavy atom. The summed E-state index contributed by atoms with van der Waals surface area (Å²) in [7, 11) is 0. The Kier molecular flexibility index (Phi) is 6.56. The van der Waals surface area contributed by atoms with Crippen molar-refractivity contribution in [3.8, 4) is 0 Å². The highest BCUT2D eigenvalue weighted by Gasteiger charge is 2.05. The zero-order valence-corrected chi connectivity index (χ0v) is 10.8. The fraction of sp³-hybridized carbons (Fsp3) is 0.300. The van der Waals surface area contributed by atoms with Crippen molar-refractivity contribution in [2.75, 3.05) is 13.1 Å². The SMILES string of the molecule is Cc1cc(Br)cc(C(=O)NCCN)c1.Cl. The van der Waals surface area contributed by atoms with Crippen LogP contribution in [0, 0.1) is 6.92 Å². The topological polar surface area (TPSA) is 55.1 Å². The molecule has 0 aromatic heterocycles. The molecule has 0 unspecified atom stereocenters. The minimum Gasteiger partial charge on any atom is -0.351 e. The van der Waals surface area contributed by atoms with Crippen LogP contribution in [0.1, 0.15) is 15.9 Å². The van der Waals surface area contributed by atoms with E-state index in [9.17, 15) is 4.79 Å². The molecule has 84 valence electrons. The predicted molar refractivity (Wildman–Crippen MR) is 67.5 cm³/mol. The van der Waals surface area contributed by atoms with Gasteiger partial charge in [0.1, 0.15) is 0 Å². The van der Waals surface area contributed by atoms with Crippen molar-refractivity contribution < 1.29 is 4.79 Å². The Morgan fingerprint density at radius 2 is 2.13 bits per heavy atom. The number of halogens is 2. The second-order valence-electron chi connectivity index (χ2n) is 3.06.